The van der Waals surface area contributed by atoms with E-state index in [4.69, 9.17) is 4.98 Å². The number of carbonyl (C=O) groups excluding carboxylic acids is 1. The van der Waals surface area contributed by atoms with Gasteiger partial charge in [0.1, 0.15) is 0 Å². The molecule has 0 aliphatic heterocycles. The van der Waals surface area contributed by atoms with E-state index in [2.05, 4.69) is 31.0 Å². The Morgan fingerprint density at radius 1 is 1.19 bits per heavy atom. The first-order valence-corrected chi connectivity index (χ1v) is 9.93. The molecule has 4 rings (SSSR count). The molecule has 1 amide bonds. The number of benzene rings is 1. The number of carbonyl (C=O) groups is 1. The average molecular weight is 380 g/mol. The van der Waals surface area contributed by atoms with Crippen LogP contribution in [0.4, 0.5) is 5.13 Å². The fourth-order valence-electron chi connectivity index (χ4n) is 2.91. The second-order valence-corrected chi connectivity index (χ2v) is 8.08. The molecule has 0 N–H and O–H groups in total. The SMILES string of the molecule is Cc1cc(C)c2sc(N(Cc3cccnc3)C(=O)c3cccs3)nc2c1. The molecule has 0 radical (unpaired) electrons. The Labute approximate surface area is 159 Å². The molecule has 0 bridgehead atoms. The van der Waals surface area contributed by atoms with Gasteiger partial charge in [0.2, 0.25) is 0 Å². The maximum absolute atomic E-state index is 13.1. The highest BCUT2D eigenvalue weighted by Gasteiger charge is 2.23. The van der Waals surface area contributed by atoms with Crippen LogP contribution in [0.3, 0.4) is 0 Å². The molecule has 0 aliphatic rings. The van der Waals surface area contributed by atoms with Crippen molar-refractivity contribution < 1.29 is 4.79 Å². The van der Waals surface area contributed by atoms with Crippen molar-refractivity contribution in [2.24, 2.45) is 0 Å². The fraction of sp³-hybridized carbons (Fsp3) is 0.150. The number of amides is 1. The number of thiazole rings is 1. The Kier molecular flexibility index (Phi) is 4.53. The number of fused-ring (bicyclic) bond motifs is 1. The molecule has 130 valence electrons. The van der Waals surface area contributed by atoms with E-state index in [0.29, 0.717) is 11.4 Å². The smallest absolute Gasteiger partial charge is 0.270 e. The normalized spacial score (nSPS) is 11.0. The van der Waals surface area contributed by atoms with Crippen LogP contribution in [0.2, 0.25) is 0 Å². The summed E-state index contributed by atoms with van der Waals surface area (Å²) in [4.78, 5) is 24.5. The Morgan fingerprint density at radius 2 is 2.08 bits per heavy atom. The third kappa shape index (κ3) is 3.25. The highest BCUT2D eigenvalue weighted by Crippen LogP contribution is 2.33. The topological polar surface area (TPSA) is 46.1 Å². The molecule has 26 heavy (non-hydrogen) atoms. The van der Waals surface area contributed by atoms with Gasteiger partial charge < -0.3 is 0 Å². The molecule has 0 saturated heterocycles. The molecular weight excluding hydrogens is 362 g/mol. The molecular formula is C20H17N3OS2. The Morgan fingerprint density at radius 3 is 2.81 bits per heavy atom. The predicted octanol–water partition coefficient (Wildman–Crippen LogP) is 5.22. The first-order valence-electron chi connectivity index (χ1n) is 8.24. The molecule has 0 atom stereocenters. The number of thiophene rings is 1. The molecule has 3 heterocycles. The van der Waals surface area contributed by atoms with Crippen molar-refractivity contribution in [1.82, 2.24) is 9.97 Å². The van der Waals surface area contributed by atoms with Crippen molar-refractivity contribution in [3.8, 4) is 0 Å². The summed E-state index contributed by atoms with van der Waals surface area (Å²) in [6, 6.07) is 11.8. The van der Waals surface area contributed by atoms with Gasteiger partial charge >= 0.3 is 0 Å². The summed E-state index contributed by atoms with van der Waals surface area (Å²) in [5.41, 5.74) is 4.28. The molecule has 4 aromatic rings. The van der Waals surface area contributed by atoms with Gasteiger partial charge in [-0.05, 0) is 54.1 Å². The molecule has 4 nitrogen and oxygen atoms in total. The number of nitrogens with zero attached hydrogens (tertiary/aromatic N) is 3. The minimum Gasteiger partial charge on any atom is -0.279 e. The van der Waals surface area contributed by atoms with Gasteiger partial charge in [-0.2, -0.15) is 0 Å². The van der Waals surface area contributed by atoms with E-state index in [0.717, 1.165) is 20.9 Å². The van der Waals surface area contributed by atoms with Crippen LogP contribution in [0.15, 0.2) is 54.2 Å². The van der Waals surface area contributed by atoms with Crippen LogP contribution < -0.4 is 4.90 Å². The first kappa shape index (κ1) is 16.9. The predicted molar refractivity (Wildman–Crippen MR) is 108 cm³/mol. The number of hydrogen-bond donors (Lipinski definition) is 0. The van der Waals surface area contributed by atoms with Crippen LogP contribution in [0.25, 0.3) is 10.2 Å². The summed E-state index contributed by atoms with van der Waals surface area (Å²) in [5.74, 6) is -0.0303. The fourth-order valence-corrected chi connectivity index (χ4v) is 4.60. The summed E-state index contributed by atoms with van der Waals surface area (Å²) in [7, 11) is 0. The van der Waals surface area contributed by atoms with Crippen molar-refractivity contribution in [3.63, 3.8) is 0 Å². The lowest BCUT2D eigenvalue weighted by Crippen LogP contribution is -2.29. The Balaban J connectivity index is 1.79. The van der Waals surface area contributed by atoms with Gasteiger partial charge in [0.05, 0.1) is 21.6 Å². The van der Waals surface area contributed by atoms with E-state index in [1.807, 2.05) is 29.6 Å². The van der Waals surface area contributed by atoms with Crippen molar-refractivity contribution in [1.29, 1.82) is 0 Å². The molecule has 0 unspecified atom stereocenters. The van der Waals surface area contributed by atoms with Crippen LogP contribution in [0.1, 0.15) is 26.4 Å². The lowest BCUT2D eigenvalue weighted by atomic mass is 10.1. The second-order valence-electron chi connectivity index (χ2n) is 6.16. The summed E-state index contributed by atoms with van der Waals surface area (Å²) in [5, 5.41) is 2.64. The van der Waals surface area contributed by atoms with Gasteiger partial charge in [-0.25, -0.2) is 4.98 Å². The van der Waals surface area contributed by atoms with E-state index >= 15 is 0 Å². The summed E-state index contributed by atoms with van der Waals surface area (Å²) in [6.45, 7) is 4.60. The monoisotopic (exact) mass is 379 g/mol. The summed E-state index contributed by atoms with van der Waals surface area (Å²) < 4.78 is 1.13. The van der Waals surface area contributed by atoms with Crippen LogP contribution in [-0.2, 0) is 6.54 Å². The van der Waals surface area contributed by atoms with Crippen molar-refractivity contribution in [3.05, 3.63) is 75.7 Å². The number of aromatic nitrogens is 2. The van der Waals surface area contributed by atoms with Gasteiger partial charge in [0.15, 0.2) is 5.13 Å². The van der Waals surface area contributed by atoms with Crippen molar-refractivity contribution >= 4 is 43.9 Å². The third-order valence-corrected chi connectivity index (χ3v) is 6.17. The quantitative estimate of drug-likeness (QED) is 0.488. The number of pyridine rings is 1. The number of hydrogen-bond acceptors (Lipinski definition) is 5. The second kappa shape index (κ2) is 6.97. The molecule has 1 aromatic carbocycles. The number of rotatable bonds is 4. The molecule has 0 saturated carbocycles. The first-order chi connectivity index (χ1) is 12.6. The van der Waals surface area contributed by atoms with Crippen LogP contribution in [0.5, 0.6) is 0 Å². The van der Waals surface area contributed by atoms with E-state index in [1.165, 1.54) is 22.5 Å². The standard InChI is InChI=1S/C20H17N3OS2/c1-13-9-14(2)18-16(10-13)22-20(26-18)23(12-15-5-3-7-21-11-15)19(24)17-6-4-8-25-17/h3-11H,12H2,1-2H3. The Hall–Kier alpha value is -2.57. The van der Waals surface area contributed by atoms with E-state index in [9.17, 15) is 4.79 Å². The van der Waals surface area contributed by atoms with Crippen LogP contribution in [0, 0.1) is 13.8 Å². The zero-order valence-electron chi connectivity index (χ0n) is 14.5. The van der Waals surface area contributed by atoms with Crippen molar-refractivity contribution in [2.75, 3.05) is 4.90 Å². The van der Waals surface area contributed by atoms with E-state index < -0.39 is 0 Å². The minimum atomic E-state index is -0.0303. The number of aryl methyl sites for hydroxylation is 2. The maximum Gasteiger partial charge on any atom is 0.270 e. The zero-order chi connectivity index (χ0) is 18.1. The van der Waals surface area contributed by atoms with Crippen LogP contribution >= 0.6 is 22.7 Å². The summed E-state index contributed by atoms with van der Waals surface area (Å²) >= 11 is 3.01. The number of anilines is 1. The highest BCUT2D eigenvalue weighted by atomic mass is 32.1. The lowest BCUT2D eigenvalue weighted by molar-refractivity contribution is 0.0989. The van der Waals surface area contributed by atoms with E-state index in [1.54, 1.807) is 28.6 Å². The molecule has 3 aromatic heterocycles. The van der Waals surface area contributed by atoms with E-state index in [-0.39, 0.29) is 5.91 Å². The van der Waals surface area contributed by atoms with Gasteiger partial charge in [0, 0.05) is 12.4 Å². The van der Waals surface area contributed by atoms with Gasteiger partial charge in [-0.15, -0.1) is 11.3 Å². The van der Waals surface area contributed by atoms with Gasteiger partial charge in [-0.3, -0.25) is 14.7 Å². The lowest BCUT2D eigenvalue weighted by Gasteiger charge is -2.19. The molecule has 0 spiro atoms. The van der Waals surface area contributed by atoms with Crippen molar-refractivity contribution in [2.45, 2.75) is 20.4 Å². The average Bonchev–Trinajstić information content (AvgIpc) is 3.29. The molecule has 6 heteroatoms. The van der Waals surface area contributed by atoms with Crippen LogP contribution in [-0.4, -0.2) is 15.9 Å². The maximum atomic E-state index is 13.1. The summed E-state index contributed by atoms with van der Waals surface area (Å²) in [6.07, 6.45) is 3.52. The highest BCUT2D eigenvalue weighted by molar-refractivity contribution is 7.22. The van der Waals surface area contributed by atoms with Gasteiger partial charge in [-0.1, -0.05) is 29.5 Å². The molecule has 0 aliphatic carbocycles. The minimum absolute atomic E-state index is 0.0303. The largest absolute Gasteiger partial charge is 0.279 e. The zero-order valence-corrected chi connectivity index (χ0v) is 16.1. The third-order valence-electron chi connectivity index (χ3n) is 4.08. The Bertz CT molecular complexity index is 1060. The molecule has 0 fully saturated rings. The van der Waals surface area contributed by atoms with Gasteiger partial charge in [0.25, 0.3) is 5.91 Å².